The van der Waals surface area contributed by atoms with E-state index < -0.39 is 0 Å². The van der Waals surface area contributed by atoms with Crippen LogP contribution in [0, 0.1) is 0 Å². The predicted octanol–water partition coefficient (Wildman–Crippen LogP) is 1.84. The van der Waals surface area contributed by atoms with Crippen LogP contribution in [0.25, 0.3) is 0 Å². The number of anilines is 1. The smallest absolute Gasteiger partial charge is 0.226 e. The molecule has 1 radical (unpaired) electrons. The van der Waals surface area contributed by atoms with Crippen LogP contribution in [-0.4, -0.2) is 12.9 Å². The molecule has 0 fully saturated rings. The lowest BCUT2D eigenvalue weighted by molar-refractivity contribution is 0.768. The van der Waals surface area contributed by atoms with E-state index >= 15 is 0 Å². The van der Waals surface area contributed by atoms with Crippen LogP contribution in [0.4, 0.5) is 11.4 Å². The summed E-state index contributed by atoms with van der Waals surface area (Å²) in [6, 6.07) is 6.44. The summed E-state index contributed by atoms with van der Waals surface area (Å²) in [5, 5.41) is 0. The number of rotatable bonds is 0. The van der Waals surface area contributed by atoms with Crippen LogP contribution in [-0.2, 0) is 6.42 Å². The lowest BCUT2D eigenvalue weighted by Crippen LogP contribution is -2.19. The summed E-state index contributed by atoms with van der Waals surface area (Å²) >= 11 is 0. The molecule has 0 saturated heterocycles. The number of aliphatic imine (C=N–C) groups is 1. The first-order chi connectivity index (χ1) is 6.45. The van der Waals surface area contributed by atoms with Gasteiger partial charge in [-0.25, -0.2) is 4.90 Å². The van der Waals surface area contributed by atoms with Crippen molar-refractivity contribution in [1.29, 1.82) is 0 Å². The molecule has 13 heavy (non-hydrogen) atoms. The largest absolute Gasteiger partial charge is 0.287 e. The quantitative estimate of drug-likeness (QED) is 0.583. The van der Waals surface area contributed by atoms with E-state index in [0.29, 0.717) is 0 Å². The van der Waals surface area contributed by atoms with Crippen LogP contribution < -0.4 is 9.89 Å². The van der Waals surface area contributed by atoms with E-state index in [0.717, 1.165) is 12.2 Å². The van der Waals surface area contributed by atoms with Gasteiger partial charge in [0.05, 0.1) is 6.54 Å². The van der Waals surface area contributed by atoms with Gasteiger partial charge in [0.15, 0.2) is 5.69 Å². The SMILES string of the molecule is C1=[N+]c2cccc3c2N1CCCC3. The Morgan fingerprint density at radius 2 is 2.23 bits per heavy atom. The second-order valence-electron chi connectivity index (χ2n) is 3.68. The monoisotopic (exact) mass is 172 g/mol. The first kappa shape index (κ1) is 7.13. The normalized spacial score (nSPS) is 18.6. The molecular formula is C11H12N2+. The third-order valence-corrected chi connectivity index (χ3v) is 2.82. The zero-order chi connectivity index (χ0) is 8.67. The van der Waals surface area contributed by atoms with Crippen molar-refractivity contribution in [3.05, 3.63) is 23.8 Å². The molecule has 0 saturated carbocycles. The van der Waals surface area contributed by atoms with E-state index in [2.05, 4.69) is 28.1 Å². The minimum atomic E-state index is 1.13. The highest BCUT2D eigenvalue weighted by Crippen LogP contribution is 2.34. The second kappa shape index (κ2) is 2.59. The van der Waals surface area contributed by atoms with Gasteiger partial charge in [-0.05, 0) is 30.3 Å². The minimum absolute atomic E-state index is 1.13. The molecule has 2 aliphatic heterocycles. The average molecular weight is 172 g/mol. The molecule has 3 rings (SSSR count). The molecule has 2 heterocycles. The Balaban J connectivity index is 2.20. The van der Waals surface area contributed by atoms with Crippen LogP contribution in [0.5, 0.6) is 0 Å². The van der Waals surface area contributed by atoms with Crippen LogP contribution in [0.15, 0.2) is 18.2 Å². The summed E-state index contributed by atoms with van der Waals surface area (Å²) in [7, 11) is 0. The van der Waals surface area contributed by atoms with Crippen molar-refractivity contribution < 1.29 is 0 Å². The van der Waals surface area contributed by atoms with Crippen molar-refractivity contribution in [3.63, 3.8) is 0 Å². The molecule has 0 aliphatic carbocycles. The molecule has 0 N–H and O–H groups in total. The van der Waals surface area contributed by atoms with Crippen molar-refractivity contribution in [3.8, 4) is 0 Å². The van der Waals surface area contributed by atoms with Crippen molar-refractivity contribution in [2.45, 2.75) is 19.3 Å². The minimum Gasteiger partial charge on any atom is -0.226 e. The van der Waals surface area contributed by atoms with Gasteiger partial charge in [-0.2, -0.15) is 0 Å². The molecule has 1 aromatic carbocycles. The Hall–Kier alpha value is -1.31. The second-order valence-corrected chi connectivity index (χ2v) is 3.68. The number of nitrogens with zero attached hydrogens (tertiary/aromatic N) is 2. The highest BCUT2D eigenvalue weighted by atomic mass is 15.2. The number of hydrogen-bond donors (Lipinski definition) is 0. The fourth-order valence-electron chi connectivity index (χ4n) is 2.17. The van der Waals surface area contributed by atoms with Gasteiger partial charge in [0.1, 0.15) is 0 Å². The van der Waals surface area contributed by atoms with E-state index in [4.69, 9.17) is 0 Å². The summed E-state index contributed by atoms with van der Waals surface area (Å²) in [5.41, 5.74) is 3.98. The molecule has 65 valence electrons. The van der Waals surface area contributed by atoms with Crippen molar-refractivity contribution in [2.75, 3.05) is 11.4 Å². The van der Waals surface area contributed by atoms with Gasteiger partial charge in [0.25, 0.3) is 6.34 Å². The van der Waals surface area contributed by atoms with E-state index in [9.17, 15) is 0 Å². The summed E-state index contributed by atoms with van der Waals surface area (Å²) in [6.07, 6.45) is 5.77. The van der Waals surface area contributed by atoms with Gasteiger partial charge in [0.2, 0.25) is 5.69 Å². The first-order valence-electron chi connectivity index (χ1n) is 4.88. The van der Waals surface area contributed by atoms with Gasteiger partial charge >= 0.3 is 0 Å². The lowest BCUT2D eigenvalue weighted by atomic mass is 10.1. The van der Waals surface area contributed by atoms with Crippen LogP contribution in [0.1, 0.15) is 18.4 Å². The lowest BCUT2D eigenvalue weighted by Gasteiger charge is -2.06. The maximum absolute atomic E-state index is 4.39. The topological polar surface area (TPSA) is 17.3 Å². The Kier molecular flexibility index (Phi) is 1.42. The Morgan fingerprint density at radius 1 is 1.23 bits per heavy atom. The van der Waals surface area contributed by atoms with E-state index in [1.54, 1.807) is 0 Å². The molecule has 0 amide bonds. The standard InChI is InChI=1S/C11H12N2/c1-2-7-13-8-12-10-6-3-5-9(4-1)11(10)13/h3,5-6,8H,1-2,4,7H2/q+1. The highest BCUT2D eigenvalue weighted by molar-refractivity contribution is 5.93. The number of para-hydroxylation sites is 1. The molecule has 2 nitrogen and oxygen atoms in total. The summed E-state index contributed by atoms with van der Waals surface area (Å²) in [5.74, 6) is 0. The summed E-state index contributed by atoms with van der Waals surface area (Å²) in [4.78, 5) is 6.68. The third kappa shape index (κ3) is 0.981. The molecule has 2 aliphatic rings. The average Bonchev–Trinajstić information content (AvgIpc) is 2.44. The van der Waals surface area contributed by atoms with Gasteiger partial charge in [0, 0.05) is 5.56 Å². The van der Waals surface area contributed by atoms with E-state index in [-0.39, 0.29) is 0 Å². The zero-order valence-corrected chi connectivity index (χ0v) is 7.53. The maximum Gasteiger partial charge on any atom is 0.287 e. The Bertz CT molecular complexity index is 368. The number of benzene rings is 1. The summed E-state index contributed by atoms with van der Waals surface area (Å²) in [6.45, 7) is 1.13. The zero-order valence-electron chi connectivity index (χ0n) is 7.53. The van der Waals surface area contributed by atoms with Crippen molar-refractivity contribution >= 4 is 17.7 Å². The third-order valence-electron chi connectivity index (χ3n) is 2.82. The first-order valence-corrected chi connectivity index (χ1v) is 4.88. The van der Waals surface area contributed by atoms with Crippen LogP contribution in [0.3, 0.4) is 0 Å². The Labute approximate surface area is 77.9 Å². The van der Waals surface area contributed by atoms with Crippen molar-refractivity contribution in [2.24, 2.45) is 0 Å². The number of aryl methyl sites for hydroxylation is 1. The molecule has 0 atom stereocenters. The number of hydrogen-bond acceptors (Lipinski definition) is 2. The molecule has 1 aromatic rings. The molecular weight excluding hydrogens is 160 g/mol. The van der Waals surface area contributed by atoms with E-state index in [1.165, 1.54) is 30.5 Å². The van der Waals surface area contributed by atoms with Crippen LogP contribution in [0.2, 0.25) is 0 Å². The van der Waals surface area contributed by atoms with E-state index in [1.807, 2.05) is 6.34 Å². The predicted molar refractivity (Wildman–Crippen MR) is 54.6 cm³/mol. The van der Waals surface area contributed by atoms with Crippen LogP contribution >= 0.6 is 0 Å². The van der Waals surface area contributed by atoms with Crippen molar-refractivity contribution in [1.82, 2.24) is 4.99 Å². The molecule has 0 aromatic heterocycles. The van der Waals surface area contributed by atoms with Gasteiger partial charge < -0.3 is 0 Å². The Morgan fingerprint density at radius 3 is 3.23 bits per heavy atom. The fourth-order valence-corrected chi connectivity index (χ4v) is 2.17. The molecule has 2 heteroatoms. The molecule has 0 unspecified atom stereocenters. The molecule has 0 bridgehead atoms. The fraction of sp³-hybridized carbons (Fsp3) is 0.364. The maximum atomic E-state index is 4.39. The summed E-state index contributed by atoms with van der Waals surface area (Å²) < 4.78 is 0. The highest BCUT2D eigenvalue weighted by Gasteiger charge is 2.29. The van der Waals surface area contributed by atoms with Gasteiger partial charge in [-0.3, -0.25) is 0 Å². The molecule has 0 spiro atoms. The van der Waals surface area contributed by atoms with Gasteiger partial charge in [-0.15, -0.1) is 0 Å². The van der Waals surface area contributed by atoms with Gasteiger partial charge in [-0.1, -0.05) is 12.1 Å².